The van der Waals surface area contributed by atoms with Gasteiger partial charge in [-0.15, -0.1) is 10.2 Å². The second-order valence-corrected chi connectivity index (χ2v) is 8.04. The molecule has 3 aromatic rings. The highest BCUT2D eigenvalue weighted by atomic mass is 32.2. The number of rotatable bonds is 6. The molecule has 1 heterocycles. The molecule has 0 fully saturated rings. The Morgan fingerprint density at radius 2 is 1.88 bits per heavy atom. The number of hydrogen-bond acceptors (Lipinski definition) is 6. The number of benzene rings is 2. The fraction of sp³-hybridized carbons (Fsp3) is 0.211. The van der Waals surface area contributed by atoms with Crippen molar-refractivity contribution in [1.82, 2.24) is 10.2 Å². The smallest absolute Gasteiger partial charge is 0.210 e. The molecule has 0 radical (unpaired) electrons. The van der Waals surface area contributed by atoms with Crippen LogP contribution in [0.15, 0.2) is 46.8 Å². The molecule has 0 spiro atoms. The number of Topliss-reactive ketones (excluding diaryl/α,β-unsaturated/α-hetero) is 1. The predicted molar refractivity (Wildman–Crippen MR) is 105 cm³/mol. The van der Waals surface area contributed by atoms with E-state index in [1.807, 2.05) is 63.2 Å². The number of aromatic nitrogens is 2. The topological polar surface area (TPSA) is 54.9 Å². The third kappa shape index (κ3) is 4.46. The lowest BCUT2D eigenvalue weighted by atomic mass is 10.0. The first kappa shape index (κ1) is 17.6. The summed E-state index contributed by atoms with van der Waals surface area (Å²) in [6.45, 7) is 6.04. The number of aryl methyl sites for hydroxylation is 3. The first-order valence-corrected chi connectivity index (χ1v) is 9.72. The molecule has 2 aromatic carbocycles. The van der Waals surface area contributed by atoms with Crippen LogP contribution in [0.1, 0.15) is 27.0 Å². The van der Waals surface area contributed by atoms with Gasteiger partial charge in [0.05, 0.1) is 5.75 Å². The molecule has 0 aliphatic heterocycles. The predicted octanol–water partition coefficient (Wildman–Crippen LogP) is 5.18. The molecule has 0 aliphatic rings. The molecule has 6 heteroatoms. The standard InChI is InChI=1S/C19H19N3OS2/c1-12-8-9-15(14(3)10-12)17(23)11-24-19-22-21-18(25-19)20-16-7-5-4-6-13(16)2/h4-10H,11H2,1-3H3,(H,20,21). The van der Waals surface area contributed by atoms with Gasteiger partial charge in [0.25, 0.3) is 0 Å². The summed E-state index contributed by atoms with van der Waals surface area (Å²) in [6, 6.07) is 13.9. The van der Waals surface area contributed by atoms with Gasteiger partial charge in [-0.05, 0) is 38.0 Å². The lowest BCUT2D eigenvalue weighted by Gasteiger charge is -2.05. The van der Waals surface area contributed by atoms with Gasteiger partial charge in [0, 0.05) is 11.3 Å². The number of hydrogen-bond donors (Lipinski definition) is 1. The van der Waals surface area contributed by atoms with Crippen molar-refractivity contribution in [2.45, 2.75) is 25.1 Å². The van der Waals surface area contributed by atoms with E-state index in [1.54, 1.807) is 0 Å². The molecular weight excluding hydrogens is 350 g/mol. The van der Waals surface area contributed by atoms with E-state index in [4.69, 9.17) is 0 Å². The molecule has 0 amide bonds. The lowest BCUT2D eigenvalue weighted by Crippen LogP contribution is -2.04. The summed E-state index contributed by atoms with van der Waals surface area (Å²) in [5.74, 6) is 0.481. The Morgan fingerprint density at radius 1 is 1.08 bits per heavy atom. The average Bonchev–Trinajstić information content (AvgIpc) is 3.02. The van der Waals surface area contributed by atoms with Crippen LogP contribution in [0.25, 0.3) is 0 Å². The number of ketones is 1. The minimum atomic E-state index is 0.117. The van der Waals surface area contributed by atoms with Crippen LogP contribution in [0.5, 0.6) is 0 Å². The first-order chi connectivity index (χ1) is 12.0. The minimum absolute atomic E-state index is 0.117. The van der Waals surface area contributed by atoms with Crippen LogP contribution < -0.4 is 5.32 Å². The molecule has 25 heavy (non-hydrogen) atoms. The third-order valence-corrected chi connectivity index (χ3v) is 5.77. The largest absolute Gasteiger partial charge is 0.330 e. The molecule has 0 atom stereocenters. The van der Waals surface area contributed by atoms with Crippen molar-refractivity contribution in [3.63, 3.8) is 0 Å². The second-order valence-electron chi connectivity index (χ2n) is 5.84. The number of thioether (sulfide) groups is 1. The van der Waals surface area contributed by atoms with Gasteiger partial charge in [0.2, 0.25) is 5.13 Å². The SMILES string of the molecule is Cc1ccc(C(=O)CSc2nnc(Nc3ccccc3C)s2)c(C)c1. The zero-order chi connectivity index (χ0) is 17.8. The van der Waals surface area contributed by atoms with Gasteiger partial charge in [-0.25, -0.2) is 0 Å². The second kappa shape index (κ2) is 7.80. The molecule has 3 rings (SSSR count). The Bertz CT molecular complexity index is 905. The van der Waals surface area contributed by atoms with Crippen molar-refractivity contribution < 1.29 is 4.79 Å². The van der Waals surface area contributed by atoms with E-state index in [1.165, 1.54) is 23.1 Å². The highest BCUT2D eigenvalue weighted by molar-refractivity contribution is 8.01. The number of para-hydroxylation sites is 1. The van der Waals surface area contributed by atoms with E-state index in [0.717, 1.165) is 37.4 Å². The molecule has 4 nitrogen and oxygen atoms in total. The summed E-state index contributed by atoms with van der Waals surface area (Å²) >= 11 is 2.88. The van der Waals surface area contributed by atoms with Crippen LogP contribution in [-0.2, 0) is 0 Å². The normalized spacial score (nSPS) is 10.7. The number of anilines is 2. The first-order valence-electron chi connectivity index (χ1n) is 7.92. The van der Waals surface area contributed by atoms with Crippen molar-refractivity contribution in [1.29, 1.82) is 0 Å². The van der Waals surface area contributed by atoms with Crippen molar-refractivity contribution in [3.8, 4) is 0 Å². The molecule has 128 valence electrons. The summed E-state index contributed by atoms with van der Waals surface area (Å²) in [5, 5.41) is 12.3. The van der Waals surface area contributed by atoms with Crippen LogP contribution in [0, 0.1) is 20.8 Å². The fourth-order valence-electron chi connectivity index (χ4n) is 2.48. The van der Waals surface area contributed by atoms with Gasteiger partial charge < -0.3 is 5.32 Å². The molecule has 0 aliphatic carbocycles. The number of carbonyl (C=O) groups excluding carboxylic acids is 1. The molecule has 1 aromatic heterocycles. The van der Waals surface area contributed by atoms with Gasteiger partial charge in [0.1, 0.15) is 0 Å². The highest BCUT2D eigenvalue weighted by Gasteiger charge is 2.12. The molecule has 1 N–H and O–H groups in total. The molecular formula is C19H19N3OS2. The maximum Gasteiger partial charge on any atom is 0.210 e. The zero-order valence-electron chi connectivity index (χ0n) is 14.4. The maximum atomic E-state index is 12.4. The van der Waals surface area contributed by atoms with E-state index < -0.39 is 0 Å². The van der Waals surface area contributed by atoms with Crippen LogP contribution >= 0.6 is 23.1 Å². The van der Waals surface area contributed by atoms with Crippen LogP contribution in [0.4, 0.5) is 10.8 Å². The maximum absolute atomic E-state index is 12.4. The van der Waals surface area contributed by atoms with E-state index in [0.29, 0.717) is 5.75 Å². The summed E-state index contributed by atoms with van der Waals surface area (Å²) in [7, 11) is 0. The third-order valence-electron chi connectivity index (χ3n) is 3.80. The Hall–Kier alpha value is -2.18. The minimum Gasteiger partial charge on any atom is -0.330 e. The van der Waals surface area contributed by atoms with Crippen molar-refractivity contribution >= 4 is 39.7 Å². The van der Waals surface area contributed by atoms with E-state index >= 15 is 0 Å². The Labute approximate surface area is 155 Å². The number of carbonyl (C=O) groups is 1. The van der Waals surface area contributed by atoms with Gasteiger partial charge in [0.15, 0.2) is 10.1 Å². The van der Waals surface area contributed by atoms with Gasteiger partial charge in [-0.3, -0.25) is 4.79 Å². The molecule has 0 saturated heterocycles. The van der Waals surface area contributed by atoms with Crippen molar-refractivity contribution in [2.24, 2.45) is 0 Å². The van der Waals surface area contributed by atoms with E-state index in [2.05, 4.69) is 15.5 Å². The zero-order valence-corrected chi connectivity index (χ0v) is 16.0. The van der Waals surface area contributed by atoms with Gasteiger partial charge in [-0.1, -0.05) is 65.1 Å². The fourth-order valence-corrected chi connectivity index (χ4v) is 4.13. The van der Waals surface area contributed by atoms with Crippen LogP contribution in [0.2, 0.25) is 0 Å². The Balaban J connectivity index is 1.62. The van der Waals surface area contributed by atoms with E-state index in [9.17, 15) is 4.79 Å². The van der Waals surface area contributed by atoms with Gasteiger partial charge in [-0.2, -0.15) is 0 Å². The summed E-state index contributed by atoms with van der Waals surface area (Å²) in [6.07, 6.45) is 0. The van der Waals surface area contributed by atoms with E-state index in [-0.39, 0.29) is 5.78 Å². The molecule has 0 unspecified atom stereocenters. The monoisotopic (exact) mass is 369 g/mol. The summed E-state index contributed by atoms with van der Waals surface area (Å²) in [5.41, 5.74) is 5.13. The average molecular weight is 370 g/mol. The number of nitrogens with zero attached hydrogens (tertiary/aromatic N) is 2. The molecule has 0 saturated carbocycles. The van der Waals surface area contributed by atoms with Crippen LogP contribution in [-0.4, -0.2) is 21.7 Å². The Morgan fingerprint density at radius 3 is 2.64 bits per heavy atom. The summed E-state index contributed by atoms with van der Waals surface area (Å²) in [4.78, 5) is 12.4. The van der Waals surface area contributed by atoms with Crippen molar-refractivity contribution in [2.75, 3.05) is 11.1 Å². The van der Waals surface area contributed by atoms with Crippen molar-refractivity contribution in [3.05, 3.63) is 64.7 Å². The van der Waals surface area contributed by atoms with Crippen LogP contribution in [0.3, 0.4) is 0 Å². The quantitative estimate of drug-likeness (QED) is 0.479. The Kier molecular flexibility index (Phi) is 5.50. The van der Waals surface area contributed by atoms with Gasteiger partial charge >= 0.3 is 0 Å². The highest BCUT2D eigenvalue weighted by Crippen LogP contribution is 2.29. The number of nitrogens with one attached hydrogen (secondary N) is 1. The summed E-state index contributed by atoms with van der Waals surface area (Å²) < 4.78 is 0.786. The lowest BCUT2D eigenvalue weighted by molar-refractivity contribution is 0.102. The molecule has 0 bridgehead atoms.